The van der Waals surface area contributed by atoms with E-state index in [2.05, 4.69) is 151 Å². The van der Waals surface area contributed by atoms with E-state index in [-0.39, 0.29) is 4.75 Å². The topological polar surface area (TPSA) is 15.8 Å². The second kappa shape index (κ2) is 9.32. The Hall–Kier alpha value is -4.01. The van der Waals surface area contributed by atoms with E-state index in [4.69, 9.17) is 0 Å². The van der Waals surface area contributed by atoms with E-state index in [1.807, 2.05) is 11.8 Å². The van der Waals surface area contributed by atoms with Crippen molar-refractivity contribution in [1.29, 1.82) is 0 Å². The summed E-state index contributed by atoms with van der Waals surface area (Å²) in [6.07, 6.45) is 0. The highest BCUT2D eigenvalue weighted by molar-refractivity contribution is 8.00. The summed E-state index contributed by atoms with van der Waals surface area (Å²) in [6, 6.07) is 52.1. The second-order valence-corrected chi connectivity index (χ2v) is 9.96. The van der Waals surface area contributed by atoms with Crippen molar-refractivity contribution in [3.8, 4) is 11.3 Å². The van der Waals surface area contributed by atoms with Crippen LogP contribution in [0.25, 0.3) is 22.2 Å². The Morgan fingerprint density at radius 1 is 0.486 bits per heavy atom. The largest absolute Gasteiger partial charge is 0.355 e. The third kappa shape index (κ3) is 4.07. The molecule has 1 nitrogen and oxygen atoms in total. The van der Waals surface area contributed by atoms with Crippen LogP contribution in [-0.4, -0.2) is 4.98 Å². The minimum absolute atomic E-state index is 0.369. The molecule has 0 spiro atoms. The molecule has 0 aliphatic carbocycles. The van der Waals surface area contributed by atoms with Gasteiger partial charge in [0.15, 0.2) is 0 Å². The molecule has 0 amide bonds. The number of benzene rings is 5. The first kappa shape index (κ1) is 21.5. The number of aromatic nitrogens is 1. The standard InChI is InChI=1S/C33H25NS/c1-4-13-27(14-5-1)33(28-15-6-2-7-16-28,29-17-8-3-9-18-29)35-30-22-20-25(21-23-30)32-24-26-12-10-11-19-31(26)34-32/h1-24,34H. The molecule has 2 heteroatoms. The normalized spacial score (nSPS) is 11.5. The van der Waals surface area contributed by atoms with Crippen molar-refractivity contribution >= 4 is 22.7 Å². The number of hydrogen-bond donors (Lipinski definition) is 1. The molecule has 0 radical (unpaired) electrons. The Morgan fingerprint density at radius 3 is 1.49 bits per heavy atom. The van der Waals surface area contributed by atoms with Gasteiger partial charge >= 0.3 is 0 Å². The van der Waals surface area contributed by atoms with Crippen molar-refractivity contribution in [2.24, 2.45) is 0 Å². The number of thioether (sulfide) groups is 1. The van der Waals surface area contributed by atoms with Crippen LogP contribution in [0.4, 0.5) is 0 Å². The lowest BCUT2D eigenvalue weighted by Crippen LogP contribution is -2.25. The molecule has 0 saturated carbocycles. The number of aromatic amines is 1. The molecule has 0 aliphatic rings. The lowest BCUT2D eigenvalue weighted by molar-refractivity contribution is 0.894. The van der Waals surface area contributed by atoms with E-state index < -0.39 is 0 Å². The average molecular weight is 468 g/mol. The van der Waals surface area contributed by atoms with Gasteiger partial charge in [0.25, 0.3) is 0 Å². The van der Waals surface area contributed by atoms with Crippen LogP contribution in [0.5, 0.6) is 0 Å². The molecule has 1 heterocycles. The van der Waals surface area contributed by atoms with Crippen LogP contribution in [0.1, 0.15) is 16.7 Å². The van der Waals surface area contributed by atoms with E-state index in [0.29, 0.717) is 0 Å². The average Bonchev–Trinajstić information content (AvgIpc) is 3.38. The van der Waals surface area contributed by atoms with Crippen LogP contribution in [0.15, 0.2) is 150 Å². The molecule has 1 N–H and O–H groups in total. The lowest BCUT2D eigenvalue weighted by atomic mass is 9.84. The molecule has 1 aromatic heterocycles. The first-order chi connectivity index (χ1) is 17.3. The van der Waals surface area contributed by atoms with Gasteiger partial charge in [-0.05, 0) is 46.5 Å². The summed E-state index contributed by atoms with van der Waals surface area (Å²) in [6.45, 7) is 0. The monoisotopic (exact) mass is 467 g/mol. The van der Waals surface area contributed by atoms with Crippen molar-refractivity contribution in [3.05, 3.63) is 162 Å². The van der Waals surface area contributed by atoms with Gasteiger partial charge in [0.2, 0.25) is 0 Å². The molecule has 6 rings (SSSR count). The maximum absolute atomic E-state index is 3.55. The van der Waals surface area contributed by atoms with Crippen LogP contribution in [0.2, 0.25) is 0 Å². The minimum Gasteiger partial charge on any atom is -0.355 e. The van der Waals surface area contributed by atoms with Gasteiger partial charge in [0.05, 0.1) is 4.75 Å². The van der Waals surface area contributed by atoms with Gasteiger partial charge in [-0.25, -0.2) is 0 Å². The number of H-pyrrole nitrogens is 1. The Bertz CT molecular complexity index is 1410. The molecule has 0 atom stereocenters. The predicted octanol–water partition coefficient (Wildman–Crippen LogP) is 8.92. The Labute approximate surface area is 210 Å². The molecule has 5 aromatic carbocycles. The molecular formula is C33H25NS. The smallest absolute Gasteiger partial charge is 0.0954 e. The van der Waals surface area contributed by atoms with Crippen molar-refractivity contribution in [2.45, 2.75) is 9.64 Å². The summed E-state index contributed by atoms with van der Waals surface area (Å²) in [4.78, 5) is 4.77. The van der Waals surface area contributed by atoms with Gasteiger partial charge in [-0.1, -0.05) is 121 Å². The number of hydrogen-bond acceptors (Lipinski definition) is 1. The highest BCUT2D eigenvalue weighted by atomic mass is 32.2. The van der Waals surface area contributed by atoms with Gasteiger partial charge in [-0.15, -0.1) is 11.8 Å². The van der Waals surface area contributed by atoms with Crippen molar-refractivity contribution in [2.75, 3.05) is 0 Å². The van der Waals surface area contributed by atoms with E-state index in [9.17, 15) is 0 Å². The third-order valence-electron chi connectivity index (χ3n) is 6.51. The van der Waals surface area contributed by atoms with Crippen molar-refractivity contribution in [3.63, 3.8) is 0 Å². The summed E-state index contributed by atoms with van der Waals surface area (Å²) in [7, 11) is 0. The van der Waals surface area contributed by atoms with Gasteiger partial charge in [-0.3, -0.25) is 0 Å². The third-order valence-corrected chi connectivity index (χ3v) is 8.03. The number of para-hydroxylation sites is 1. The Balaban J connectivity index is 1.46. The summed E-state index contributed by atoms with van der Waals surface area (Å²) >= 11 is 1.89. The van der Waals surface area contributed by atoms with Crippen LogP contribution < -0.4 is 0 Å². The van der Waals surface area contributed by atoms with E-state index in [0.717, 1.165) is 11.2 Å². The van der Waals surface area contributed by atoms with Crippen molar-refractivity contribution < 1.29 is 0 Å². The molecule has 0 unspecified atom stereocenters. The molecule has 0 saturated heterocycles. The van der Waals surface area contributed by atoms with E-state index >= 15 is 0 Å². The SMILES string of the molecule is c1ccc(C(Sc2ccc(-c3cc4ccccc4[nH]3)cc2)(c2ccccc2)c2ccccc2)cc1. The highest BCUT2D eigenvalue weighted by Gasteiger charge is 2.37. The van der Waals surface area contributed by atoms with Crippen LogP contribution >= 0.6 is 11.8 Å². The Kier molecular flexibility index (Phi) is 5.73. The maximum Gasteiger partial charge on any atom is 0.0954 e. The fourth-order valence-electron chi connectivity index (χ4n) is 4.80. The molecule has 6 aromatic rings. The zero-order chi connectivity index (χ0) is 23.5. The number of nitrogens with one attached hydrogen (secondary N) is 1. The quantitative estimate of drug-likeness (QED) is 0.191. The fourth-order valence-corrected chi connectivity index (χ4v) is 6.19. The molecule has 0 aliphatic heterocycles. The maximum atomic E-state index is 3.55. The first-order valence-electron chi connectivity index (χ1n) is 11.9. The number of rotatable bonds is 6. The highest BCUT2D eigenvalue weighted by Crippen LogP contribution is 2.51. The van der Waals surface area contributed by atoms with Crippen LogP contribution in [-0.2, 0) is 4.75 Å². The second-order valence-electron chi connectivity index (χ2n) is 8.68. The van der Waals surface area contributed by atoms with E-state index in [1.54, 1.807) is 0 Å². The minimum atomic E-state index is -0.369. The molecule has 0 fully saturated rings. The van der Waals surface area contributed by atoms with Gasteiger partial charge in [-0.2, -0.15) is 0 Å². The fraction of sp³-hybridized carbons (Fsp3) is 0.0303. The first-order valence-corrected chi connectivity index (χ1v) is 12.7. The van der Waals surface area contributed by atoms with Gasteiger partial charge in [0, 0.05) is 21.5 Å². The lowest BCUT2D eigenvalue weighted by Gasteiger charge is -2.35. The van der Waals surface area contributed by atoms with Crippen molar-refractivity contribution in [1.82, 2.24) is 4.98 Å². The van der Waals surface area contributed by atoms with Crippen LogP contribution in [0, 0.1) is 0 Å². The van der Waals surface area contributed by atoms with Gasteiger partial charge < -0.3 is 4.98 Å². The van der Waals surface area contributed by atoms with E-state index in [1.165, 1.54) is 32.5 Å². The predicted molar refractivity (Wildman–Crippen MR) is 149 cm³/mol. The number of fused-ring (bicyclic) bond motifs is 1. The summed E-state index contributed by atoms with van der Waals surface area (Å²) in [5.41, 5.74) is 7.29. The molecular weight excluding hydrogens is 442 g/mol. The molecule has 35 heavy (non-hydrogen) atoms. The van der Waals surface area contributed by atoms with Crippen LogP contribution in [0.3, 0.4) is 0 Å². The molecule has 168 valence electrons. The molecule has 0 bridgehead atoms. The zero-order valence-electron chi connectivity index (χ0n) is 19.3. The Morgan fingerprint density at radius 2 is 0.971 bits per heavy atom. The summed E-state index contributed by atoms with van der Waals surface area (Å²) in [5.74, 6) is 0. The van der Waals surface area contributed by atoms with Gasteiger partial charge in [0.1, 0.15) is 0 Å². The summed E-state index contributed by atoms with van der Waals surface area (Å²) in [5, 5.41) is 1.23. The summed E-state index contributed by atoms with van der Waals surface area (Å²) < 4.78 is -0.369. The zero-order valence-corrected chi connectivity index (χ0v) is 20.1.